The van der Waals surface area contributed by atoms with Crippen molar-refractivity contribution < 1.29 is 14.6 Å². The SMILES string of the molecule is CC1Cc2ccccc2C1(O)c1ccccc1C1OCCO1. The quantitative estimate of drug-likeness (QED) is 0.925. The maximum absolute atomic E-state index is 11.6. The molecule has 0 amide bonds. The molecule has 0 aromatic heterocycles. The molecule has 1 aliphatic carbocycles. The molecular weight excluding hydrogens is 276 g/mol. The van der Waals surface area contributed by atoms with E-state index in [-0.39, 0.29) is 12.2 Å². The van der Waals surface area contributed by atoms with E-state index in [0.29, 0.717) is 13.2 Å². The first-order valence-corrected chi connectivity index (χ1v) is 7.84. The van der Waals surface area contributed by atoms with Crippen LogP contribution in [0.3, 0.4) is 0 Å². The number of hydrogen-bond acceptors (Lipinski definition) is 3. The Hall–Kier alpha value is -1.68. The summed E-state index contributed by atoms with van der Waals surface area (Å²) in [4.78, 5) is 0. The zero-order chi connectivity index (χ0) is 15.2. The lowest BCUT2D eigenvalue weighted by molar-refractivity contribution is -0.0494. The van der Waals surface area contributed by atoms with Crippen LogP contribution in [0.2, 0.25) is 0 Å². The molecule has 0 bridgehead atoms. The highest BCUT2D eigenvalue weighted by Gasteiger charge is 2.46. The predicted octanol–water partition coefficient (Wildman–Crippen LogP) is 3.16. The summed E-state index contributed by atoms with van der Waals surface area (Å²) in [6.45, 7) is 3.31. The van der Waals surface area contributed by atoms with Gasteiger partial charge in [0.25, 0.3) is 0 Å². The molecule has 0 spiro atoms. The van der Waals surface area contributed by atoms with Crippen molar-refractivity contribution in [1.82, 2.24) is 0 Å². The first-order valence-electron chi connectivity index (χ1n) is 7.84. The number of rotatable bonds is 2. The molecule has 1 aliphatic heterocycles. The molecule has 0 radical (unpaired) electrons. The Labute approximate surface area is 130 Å². The molecule has 2 aromatic carbocycles. The first kappa shape index (κ1) is 13.9. The second-order valence-electron chi connectivity index (χ2n) is 6.19. The minimum absolute atomic E-state index is 0.118. The van der Waals surface area contributed by atoms with E-state index in [9.17, 15) is 5.11 Å². The Kier molecular flexibility index (Phi) is 3.30. The second kappa shape index (κ2) is 5.20. The standard InChI is InChI=1S/C19H20O3/c1-13-12-14-6-2-4-8-16(14)19(13,20)17-9-5-3-7-15(17)18-21-10-11-22-18/h2-9,13,18,20H,10-12H2,1H3. The Balaban J connectivity index is 1.88. The highest BCUT2D eigenvalue weighted by Crippen LogP contribution is 2.48. The van der Waals surface area contributed by atoms with Crippen LogP contribution < -0.4 is 0 Å². The van der Waals surface area contributed by atoms with Crippen LogP contribution in [0.25, 0.3) is 0 Å². The van der Waals surface area contributed by atoms with Gasteiger partial charge in [0.05, 0.1) is 13.2 Å². The molecule has 1 saturated heterocycles. The van der Waals surface area contributed by atoms with Crippen LogP contribution in [0.15, 0.2) is 48.5 Å². The van der Waals surface area contributed by atoms with Gasteiger partial charge < -0.3 is 14.6 Å². The molecule has 1 N–H and O–H groups in total. The van der Waals surface area contributed by atoms with Gasteiger partial charge in [0.15, 0.2) is 6.29 Å². The van der Waals surface area contributed by atoms with E-state index in [2.05, 4.69) is 13.0 Å². The Morgan fingerprint density at radius 2 is 1.59 bits per heavy atom. The maximum atomic E-state index is 11.6. The van der Waals surface area contributed by atoms with Gasteiger partial charge in [-0.1, -0.05) is 55.5 Å². The van der Waals surface area contributed by atoms with Crippen LogP contribution in [0, 0.1) is 5.92 Å². The summed E-state index contributed by atoms with van der Waals surface area (Å²) in [5.41, 5.74) is 3.08. The zero-order valence-corrected chi connectivity index (χ0v) is 12.7. The van der Waals surface area contributed by atoms with Crippen molar-refractivity contribution >= 4 is 0 Å². The van der Waals surface area contributed by atoms with Crippen LogP contribution in [-0.2, 0) is 21.5 Å². The lowest BCUT2D eigenvalue weighted by Crippen LogP contribution is -2.33. The van der Waals surface area contributed by atoms with Gasteiger partial charge in [0.2, 0.25) is 0 Å². The second-order valence-corrected chi connectivity index (χ2v) is 6.19. The van der Waals surface area contributed by atoms with Crippen molar-refractivity contribution in [3.05, 3.63) is 70.8 Å². The van der Waals surface area contributed by atoms with Crippen LogP contribution in [0.4, 0.5) is 0 Å². The summed E-state index contributed by atoms with van der Waals surface area (Å²) in [7, 11) is 0. The molecule has 2 aliphatic rings. The lowest BCUT2D eigenvalue weighted by Gasteiger charge is -2.32. The van der Waals surface area contributed by atoms with Gasteiger partial charge in [-0.2, -0.15) is 0 Å². The van der Waals surface area contributed by atoms with Gasteiger partial charge in [-0.25, -0.2) is 0 Å². The zero-order valence-electron chi connectivity index (χ0n) is 12.7. The van der Waals surface area contributed by atoms with E-state index in [1.807, 2.05) is 42.5 Å². The van der Waals surface area contributed by atoms with E-state index in [1.165, 1.54) is 5.56 Å². The lowest BCUT2D eigenvalue weighted by atomic mass is 9.79. The van der Waals surface area contributed by atoms with Crippen LogP contribution in [0.5, 0.6) is 0 Å². The number of aliphatic hydroxyl groups is 1. The third kappa shape index (κ3) is 1.93. The normalized spacial score (nSPS) is 28.0. The summed E-state index contributed by atoms with van der Waals surface area (Å²) < 4.78 is 11.3. The molecule has 2 unspecified atom stereocenters. The summed E-state index contributed by atoms with van der Waals surface area (Å²) >= 11 is 0. The largest absolute Gasteiger partial charge is 0.380 e. The minimum Gasteiger partial charge on any atom is -0.380 e. The summed E-state index contributed by atoms with van der Waals surface area (Å²) in [6, 6.07) is 16.1. The number of benzene rings is 2. The number of fused-ring (bicyclic) bond motifs is 1. The molecule has 1 heterocycles. The topological polar surface area (TPSA) is 38.7 Å². The van der Waals surface area contributed by atoms with Crippen molar-refractivity contribution in [2.24, 2.45) is 5.92 Å². The molecule has 2 atom stereocenters. The monoisotopic (exact) mass is 296 g/mol. The highest BCUT2D eigenvalue weighted by atomic mass is 16.7. The van der Waals surface area contributed by atoms with Crippen molar-refractivity contribution in [3.8, 4) is 0 Å². The molecule has 0 saturated carbocycles. The number of ether oxygens (including phenoxy) is 2. The van der Waals surface area contributed by atoms with E-state index in [4.69, 9.17) is 9.47 Å². The fourth-order valence-corrected chi connectivity index (χ4v) is 3.81. The summed E-state index contributed by atoms with van der Waals surface area (Å²) in [6.07, 6.45) is 0.508. The first-order chi connectivity index (χ1) is 10.7. The maximum Gasteiger partial charge on any atom is 0.184 e. The molecule has 3 heteroatoms. The average molecular weight is 296 g/mol. The smallest absolute Gasteiger partial charge is 0.184 e. The molecular formula is C19H20O3. The fraction of sp³-hybridized carbons (Fsp3) is 0.368. The summed E-state index contributed by atoms with van der Waals surface area (Å²) in [5.74, 6) is 0.118. The molecule has 114 valence electrons. The third-order valence-electron chi connectivity index (χ3n) is 4.91. The van der Waals surface area contributed by atoms with Gasteiger partial charge >= 0.3 is 0 Å². The van der Waals surface area contributed by atoms with Crippen molar-refractivity contribution in [2.45, 2.75) is 25.2 Å². The van der Waals surface area contributed by atoms with E-state index < -0.39 is 5.60 Å². The molecule has 4 rings (SSSR count). The molecule has 1 fully saturated rings. The average Bonchev–Trinajstić information content (AvgIpc) is 3.16. The Bertz CT molecular complexity index is 691. The van der Waals surface area contributed by atoms with Crippen LogP contribution in [-0.4, -0.2) is 18.3 Å². The molecule has 2 aromatic rings. The number of hydrogen-bond donors (Lipinski definition) is 1. The van der Waals surface area contributed by atoms with E-state index in [1.54, 1.807) is 0 Å². The van der Waals surface area contributed by atoms with Gasteiger partial charge in [-0.15, -0.1) is 0 Å². The van der Waals surface area contributed by atoms with Crippen molar-refractivity contribution in [3.63, 3.8) is 0 Å². The Morgan fingerprint density at radius 1 is 0.955 bits per heavy atom. The van der Waals surface area contributed by atoms with Crippen molar-refractivity contribution in [2.75, 3.05) is 13.2 Å². The third-order valence-corrected chi connectivity index (χ3v) is 4.91. The van der Waals surface area contributed by atoms with Crippen LogP contribution >= 0.6 is 0 Å². The fourth-order valence-electron chi connectivity index (χ4n) is 3.81. The Morgan fingerprint density at radius 3 is 2.36 bits per heavy atom. The summed E-state index contributed by atoms with van der Waals surface area (Å²) in [5, 5.41) is 11.6. The van der Waals surface area contributed by atoms with Crippen LogP contribution in [0.1, 0.15) is 35.5 Å². The van der Waals surface area contributed by atoms with Gasteiger partial charge in [-0.3, -0.25) is 0 Å². The highest BCUT2D eigenvalue weighted by molar-refractivity contribution is 5.49. The minimum atomic E-state index is -0.984. The molecule has 3 nitrogen and oxygen atoms in total. The van der Waals surface area contributed by atoms with Gasteiger partial charge in [0.1, 0.15) is 5.60 Å². The van der Waals surface area contributed by atoms with Gasteiger partial charge in [0, 0.05) is 5.56 Å². The molecule has 22 heavy (non-hydrogen) atoms. The predicted molar refractivity (Wildman–Crippen MR) is 83.4 cm³/mol. The van der Waals surface area contributed by atoms with E-state index >= 15 is 0 Å². The van der Waals surface area contributed by atoms with Gasteiger partial charge in [-0.05, 0) is 29.0 Å². The van der Waals surface area contributed by atoms with Crippen molar-refractivity contribution in [1.29, 1.82) is 0 Å². The van der Waals surface area contributed by atoms with E-state index in [0.717, 1.165) is 23.1 Å².